The van der Waals surface area contributed by atoms with Gasteiger partial charge in [-0.05, 0) is 270 Å². The number of halogens is 1. The van der Waals surface area contributed by atoms with Crippen LogP contribution in [0.15, 0.2) is 247 Å². The SMILES string of the molecule is CC1(C)OB(B2OC(C)(C)C(C)(C)O2)OC1(C)C.CC1(C)c2cc3c4ccccc4c4ccccc4c3cc2-c2ccc3c4cc(B5OC(C)(C)C(C)(C)O5)ccc4n(-c4ccccc4)c3c21.CC1(C)c2cc3c4ccccc4c4ccccc4c3cc2-c2ccc3c4cc(Br)ccc4n(-c4ccccc4)c3c21. The van der Waals surface area contributed by atoms with E-state index >= 15 is 0 Å². The van der Waals surface area contributed by atoms with E-state index in [1.165, 1.54) is 158 Å². The van der Waals surface area contributed by atoms with E-state index in [9.17, 15) is 0 Å². The quantitative estimate of drug-likeness (QED) is 0.129. The van der Waals surface area contributed by atoms with Crippen LogP contribution in [0.4, 0.5) is 0 Å². The van der Waals surface area contributed by atoms with Crippen LogP contribution in [0, 0.1) is 0 Å². The first-order chi connectivity index (χ1) is 51.5. The zero-order valence-electron chi connectivity index (χ0n) is 64.5. The second kappa shape index (κ2) is 23.8. The van der Waals surface area contributed by atoms with Gasteiger partial charge < -0.3 is 37.1 Å². The van der Waals surface area contributed by atoms with Gasteiger partial charge in [-0.2, -0.15) is 0 Å². The fourth-order valence-corrected chi connectivity index (χ4v) is 18.7. The summed E-state index contributed by atoms with van der Waals surface area (Å²) < 4.78 is 43.0. The van der Waals surface area contributed by atoms with Gasteiger partial charge in [0.1, 0.15) is 0 Å². The Morgan fingerprint density at radius 2 is 0.565 bits per heavy atom. The van der Waals surface area contributed by atoms with E-state index in [1.54, 1.807) is 0 Å². The minimum Gasteiger partial charge on any atom is -0.405 e. The summed E-state index contributed by atoms with van der Waals surface area (Å²) >= 11 is 3.75. The van der Waals surface area contributed by atoms with E-state index in [0.29, 0.717) is 0 Å². The molecule has 3 saturated heterocycles. The summed E-state index contributed by atoms with van der Waals surface area (Å²) in [5.74, 6) is 0. The maximum atomic E-state index is 6.52. The molecule has 12 heteroatoms. The van der Waals surface area contributed by atoms with Crippen LogP contribution in [0.1, 0.15) is 133 Å². The maximum Gasteiger partial charge on any atom is 0.494 e. The molecule has 8 nitrogen and oxygen atoms in total. The molecule has 16 aromatic rings. The van der Waals surface area contributed by atoms with Crippen LogP contribution in [-0.2, 0) is 38.8 Å². The first-order valence-electron chi connectivity index (χ1n) is 38.3. The molecule has 21 rings (SSSR count). The number of hydrogen-bond donors (Lipinski definition) is 0. The first kappa shape index (κ1) is 69.2. The predicted molar refractivity (Wildman–Crippen MR) is 457 cm³/mol. The van der Waals surface area contributed by atoms with Gasteiger partial charge in [0.15, 0.2) is 0 Å². The highest BCUT2D eigenvalue weighted by Gasteiger charge is 2.64. The van der Waals surface area contributed by atoms with Crippen molar-refractivity contribution in [3.05, 3.63) is 269 Å². The fourth-order valence-electron chi connectivity index (χ4n) is 18.4. The van der Waals surface area contributed by atoms with Crippen LogP contribution in [0.5, 0.6) is 0 Å². The van der Waals surface area contributed by atoms with Gasteiger partial charge in [-0.1, -0.05) is 213 Å². The normalized spacial score (nSPS) is 18.5. The Labute approximate surface area is 641 Å². The van der Waals surface area contributed by atoms with E-state index < -0.39 is 32.3 Å². The van der Waals surface area contributed by atoms with Crippen molar-refractivity contribution in [1.82, 2.24) is 9.13 Å². The van der Waals surface area contributed by atoms with Crippen LogP contribution in [0.3, 0.4) is 0 Å². The van der Waals surface area contributed by atoms with E-state index in [0.717, 1.165) is 15.6 Å². The fraction of sp³-hybridized carbons (Fsp3) is 0.250. The zero-order valence-corrected chi connectivity index (χ0v) is 66.1. The first-order valence-corrected chi connectivity index (χ1v) is 39.1. The van der Waals surface area contributed by atoms with Crippen molar-refractivity contribution < 1.29 is 27.9 Å². The van der Waals surface area contributed by atoms with E-state index in [2.05, 4.69) is 323 Å². The Balaban J connectivity index is 0.000000121. The summed E-state index contributed by atoms with van der Waals surface area (Å²) in [5, 5.41) is 20.8. The maximum absolute atomic E-state index is 6.52. The Morgan fingerprint density at radius 1 is 0.259 bits per heavy atom. The molecule has 534 valence electrons. The largest absolute Gasteiger partial charge is 0.494 e. The standard InChI is InChI=1S/C45H38BNO2.C39H26BrN.C12H24B2O4/c1-43(2)39-26-36-32-19-13-11-17-30(32)29-16-10-12-18-31(29)35(36)25-37(39)33-21-22-34-38-24-27(46-48-44(3,4)45(5,6)49-46)20-23-40(38)47(42(34)41(33)43)28-14-8-7-9-15-28;1-39(2)35-22-32-28-15-9-7-13-26(28)25-12-6-8-14-27(25)31(32)21-33(35)29-17-18-30-34-20-23(40)16-19-36(34)41(38(30)37(29)39)24-10-4-3-5-11-24;1-9(2)10(3,4)16-13(15-9)14-17-11(5,6)12(7,8)18-14/h7-26H,1-6H3;3-22H,1-2H3;1-8H3. The lowest BCUT2D eigenvalue weighted by Gasteiger charge is -2.32. The topological polar surface area (TPSA) is 65.2 Å². The zero-order chi connectivity index (χ0) is 74.9. The van der Waals surface area contributed by atoms with E-state index in [1.807, 2.05) is 55.4 Å². The third-order valence-corrected chi connectivity index (χ3v) is 26.6. The average molecular weight is 1480 g/mol. The van der Waals surface area contributed by atoms with Crippen LogP contribution >= 0.6 is 15.9 Å². The summed E-state index contributed by atoms with van der Waals surface area (Å²) in [6.45, 7) is 34.3. The third kappa shape index (κ3) is 10.1. The Morgan fingerprint density at radius 3 is 0.926 bits per heavy atom. The van der Waals surface area contributed by atoms with Crippen molar-refractivity contribution in [3.63, 3.8) is 0 Å². The molecule has 0 N–H and O–H groups in total. The predicted octanol–water partition coefficient (Wildman–Crippen LogP) is 24.4. The molecule has 14 aromatic carbocycles. The molecule has 0 unspecified atom stereocenters. The minimum atomic E-state index is -0.476. The molecule has 0 amide bonds. The lowest BCUT2D eigenvalue weighted by Crippen LogP contribution is -2.41. The number of fused-ring (bicyclic) bond motifs is 26. The van der Waals surface area contributed by atoms with Gasteiger partial charge in [-0.25, -0.2) is 0 Å². The lowest BCUT2D eigenvalue weighted by molar-refractivity contribution is 0.00578. The molecule has 3 fully saturated rings. The molecule has 0 atom stereocenters. The summed E-state index contributed by atoms with van der Waals surface area (Å²) in [6, 6.07) is 89.9. The molecule has 0 saturated carbocycles. The number of aromatic nitrogens is 2. The number of nitrogens with zero attached hydrogens (tertiary/aromatic N) is 2. The number of rotatable bonds is 4. The van der Waals surface area contributed by atoms with Crippen molar-refractivity contribution in [3.8, 4) is 33.6 Å². The smallest absolute Gasteiger partial charge is 0.405 e. The minimum absolute atomic E-state index is 0.177. The van der Waals surface area contributed by atoms with Gasteiger partial charge >= 0.3 is 21.1 Å². The van der Waals surface area contributed by atoms with Crippen LogP contribution in [0.2, 0.25) is 0 Å². The van der Waals surface area contributed by atoms with Crippen LogP contribution in [0.25, 0.3) is 142 Å². The Hall–Kier alpha value is -9.33. The summed E-state index contributed by atoms with van der Waals surface area (Å²) in [6.07, 6.45) is 0. The van der Waals surface area contributed by atoms with Crippen molar-refractivity contribution >= 4 is 151 Å². The van der Waals surface area contributed by atoms with Crippen molar-refractivity contribution in [2.24, 2.45) is 0 Å². The van der Waals surface area contributed by atoms with Crippen LogP contribution in [-0.4, -0.2) is 63.9 Å². The number of benzene rings is 14. The molecule has 0 radical (unpaired) electrons. The molecule has 0 spiro atoms. The van der Waals surface area contributed by atoms with Crippen molar-refractivity contribution in [2.45, 2.75) is 155 Å². The van der Waals surface area contributed by atoms with Gasteiger partial charge in [-0.3, -0.25) is 0 Å². The second-order valence-corrected chi connectivity index (χ2v) is 35.6. The second-order valence-electron chi connectivity index (χ2n) is 34.7. The highest BCUT2D eigenvalue weighted by atomic mass is 79.9. The van der Waals surface area contributed by atoms with Gasteiger partial charge in [0.05, 0.1) is 55.7 Å². The van der Waals surface area contributed by atoms with Gasteiger partial charge in [-0.15, -0.1) is 0 Å². The van der Waals surface area contributed by atoms with Crippen LogP contribution < -0.4 is 5.46 Å². The molecule has 108 heavy (non-hydrogen) atoms. The molecule has 2 aromatic heterocycles. The number of hydrogen-bond acceptors (Lipinski definition) is 6. The average Bonchev–Trinajstić information content (AvgIpc) is 1.52. The van der Waals surface area contributed by atoms with Gasteiger partial charge in [0.2, 0.25) is 0 Å². The molecule has 2 aliphatic carbocycles. The molecule has 5 heterocycles. The Bertz CT molecular complexity index is 6430. The summed E-state index contributed by atoms with van der Waals surface area (Å²) in [4.78, 5) is 0. The molecule has 5 aliphatic rings. The summed E-state index contributed by atoms with van der Waals surface area (Å²) in [5.41, 5.74) is 16.6. The van der Waals surface area contributed by atoms with E-state index in [4.69, 9.17) is 27.9 Å². The third-order valence-electron chi connectivity index (χ3n) is 26.1. The highest BCUT2D eigenvalue weighted by molar-refractivity contribution is 9.10. The molecular weight excluding hydrogens is 1390 g/mol. The summed E-state index contributed by atoms with van der Waals surface area (Å²) in [7, 11) is -1.37. The van der Waals surface area contributed by atoms with Crippen molar-refractivity contribution in [1.29, 1.82) is 0 Å². The monoisotopic (exact) mass is 1480 g/mol. The van der Waals surface area contributed by atoms with Crippen molar-refractivity contribution in [2.75, 3.05) is 0 Å². The molecule has 0 bridgehead atoms. The number of para-hydroxylation sites is 2. The highest BCUT2D eigenvalue weighted by Crippen LogP contribution is 2.58. The Kier molecular flexibility index (Phi) is 15.3. The van der Waals surface area contributed by atoms with Gasteiger partial charge in [0.25, 0.3) is 0 Å². The van der Waals surface area contributed by atoms with E-state index in [-0.39, 0.29) is 33.2 Å². The molecule has 3 aliphatic heterocycles. The van der Waals surface area contributed by atoms with Gasteiger partial charge in [0, 0.05) is 48.2 Å². The molecular formula is C96H88B3BrN2O6. The lowest BCUT2D eigenvalue weighted by atomic mass is 9.49.